The zero-order valence-electron chi connectivity index (χ0n) is 23.2. The lowest BCUT2D eigenvalue weighted by atomic mass is 10.0. The van der Waals surface area contributed by atoms with Crippen molar-refractivity contribution in [2.75, 3.05) is 24.2 Å². The zero-order chi connectivity index (χ0) is 29.3. The summed E-state index contributed by atoms with van der Waals surface area (Å²) in [4.78, 5) is 29.3. The molecule has 3 aromatic carbocycles. The quantitative estimate of drug-likeness (QED) is 0.294. The van der Waals surface area contributed by atoms with Gasteiger partial charge in [-0.05, 0) is 48.7 Å². The van der Waals surface area contributed by atoms with Crippen molar-refractivity contribution >= 4 is 43.5 Å². The summed E-state index contributed by atoms with van der Waals surface area (Å²) < 4.78 is 33.2. The number of sulfonamides is 1. The van der Waals surface area contributed by atoms with Crippen LogP contribution in [0.1, 0.15) is 31.4 Å². The summed E-state index contributed by atoms with van der Waals surface area (Å²) in [5.74, 6) is -0.504. The molecule has 3 rings (SSSR count). The number of rotatable bonds is 13. The summed E-state index contributed by atoms with van der Waals surface area (Å²) in [5, 5.41) is 3.02. The molecule has 1 N–H and O–H groups in total. The van der Waals surface area contributed by atoms with E-state index >= 15 is 0 Å². The lowest BCUT2D eigenvalue weighted by molar-refractivity contribution is -0.140. The topological polar surface area (TPSA) is 96.0 Å². The number of carbonyl (C=O) groups is 2. The number of carbonyl (C=O) groups excluding carboxylic acids is 2. The molecule has 0 spiro atoms. The van der Waals surface area contributed by atoms with Crippen molar-refractivity contribution < 1.29 is 22.7 Å². The van der Waals surface area contributed by atoms with Crippen LogP contribution in [0, 0.1) is 0 Å². The normalized spacial score (nSPS) is 12.7. The molecule has 0 saturated heterocycles. The predicted octanol–water partition coefficient (Wildman–Crippen LogP) is 4.78. The van der Waals surface area contributed by atoms with Crippen LogP contribution in [0.5, 0.6) is 5.75 Å². The first kappa shape index (κ1) is 31.2. The van der Waals surface area contributed by atoms with Crippen molar-refractivity contribution in [2.24, 2.45) is 0 Å². The lowest BCUT2D eigenvalue weighted by Gasteiger charge is -2.34. The monoisotopic (exact) mass is 629 g/mol. The molecule has 10 heteroatoms. The van der Waals surface area contributed by atoms with Gasteiger partial charge in [0, 0.05) is 23.5 Å². The number of amides is 2. The number of nitrogens with one attached hydrogen (secondary N) is 1. The first-order valence-corrected chi connectivity index (χ1v) is 15.7. The fraction of sp³-hybridized carbons (Fsp3) is 0.333. The molecule has 40 heavy (non-hydrogen) atoms. The third kappa shape index (κ3) is 8.56. The van der Waals surface area contributed by atoms with Gasteiger partial charge in [-0.25, -0.2) is 8.42 Å². The molecule has 0 radical (unpaired) electrons. The van der Waals surface area contributed by atoms with Crippen LogP contribution >= 0.6 is 15.9 Å². The van der Waals surface area contributed by atoms with Gasteiger partial charge in [-0.15, -0.1) is 0 Å². The number of hydrogen-bond donors (Lipinski definition) is 1. The highest BCUT2D eigenvalue weighted by Crippen LogP contribution is 2.30. The fourth-order valence-corrected chi connectivity index (χ4v) is 5.56. The van der Waals surface area contributed by atoms with Gasteiger partial charge in [0.25, 0.3) is 0 Å². The smallest absolute Gasteiger partial charge is 0.244 e. The summed E-state index contributed by atoms with van der Waals surface area (Å²) in [7, 11) is -2.45. The number of hydrogen-bond acceptors (Lipinski definition) is 5. The van der Waals surface area contributed by atoms with E-state index in [1.165, 1.54) is 12.0 Å². The van der Waals surface area contributed by atoms with E-state index in [1.54, 1.807) is 24.3 Å². The van der Waals surface area contributed by atoms with E-state index in [2.05, 4.69) is 21.2 Å². The number of benzene rings is 3. The molecular weight excluding hydrogens is 594 g/mol. The van der Waals surface area contributed by atoms with Crippen molar-refractivity contribution in [1.29, 1.82) is 0 Å². The molecule has 0 aliphatic carbocycles. The molecule has 2 atom stereocenters. The number of para-hydroxylation sites is 2. The number of ether oxygens (including phenoxy) is 1. The summed E-state index contributed by atoms with van der Waals surface area (Å²) in [6.07, 6.45) is 2.03. The average Bonchev–Trinajstić information content (AvgIpc) is 2.93. The Bertz CT molecular complexity index is 1400. The van der Waals surface area contributed by atoms with Crippen LogP contribution in [-0.2, 0) is 32.6 Å². The minimum atomic E-state index is -3.89. The van der Waals surface area contributed by atoms with E-state index in [0.29, 0.717) is 5.75 Å². The maximum atomic E-state index is 14.1. The van der Waals surface area contributed by atoms with Crippen LogP contribution in [0.3, 0.4) is 0 Å². The standard InChI is InChI=1S/C30H36BrN3O5S/c1-5-22(2)32-30(36)27(19-23-12-7-6-8-13-23)33(20-24-14-11-15-25(31)18-24)29(35)21-34(40(4,37)38)26-16-9-10-17-28(26)39-3/h6-18,22,27H,5,19-21H2,1-4H3,(H,32,36)/t22-,27-/m0/s1. The van der Waals surface area contributed by atoms with Crippen LogP contribution in [-0.4, -0.2) is 57.1 Å². The van der Waals surface area contributed by atoms with Gasteiger partial charge in [0.05, 0.1) is 19.1 Å². The molecule has 0 aliphatic heterocycles. The van der Waals surface area contributed by atoms with Crippen molar-refractivity contribution in [3.05, 3.63) is 94.5 Å². The van der Waals surface area contributed by atoms with Crippen molar-refractivity contribution in [3.63, 3.8) is 0 Å². The Morgan fingerprint density at radius 3 is 2.25 bits per heavy atom. The Morgan fingerprint density at radius 1 is 0.975 bits per heavy atom. The van der Waals surface area contributed by atoms with Gasteiger partial charge in [-0.1, -0.05) is 77.5 Å². The largest absolute Gasteiger partial charge is 0.495 e. The van der Waals surface area contributed by atoms with Crippen molar-refractivity contribution in [1.82, 2.24) is 10.2 Å². The molecule has 3 aromatic rings. The van der Waals surface area contributed by atoms with Crippen molar-refractivity contribution in [2.45, 2.75) is 45.3 Å². The summed E-state index contributed by atoms with van der Waals surface area (Å²) in [6.45, 7) is 3.48. The molecule has 0 heterocycles. The van der Waals surface area contributed by atoms with Crippen LogP contribution in [0.25, 0.3) is 0 Å². The Morgan fingerprint density at radius 2 is 1.62 bits per heavy atom. The van der Waals surface area contributed by atoms with Gasteiger partial charge < -0.3 is 15.0 Å². The number of methoxy groups -OCH3 is 1. The number of anilines is 1. The SMILES string of the molecule is CC[C@H](C)NC(=O)[C@H](Cc1ccccc1)N(Cc1cccc(Br)c1)C(=O)CN(c1ccccc1OC)S(C)(=O)=O. The van der Waals surface area contributed by atoms with E-state index < -0.39 is 28.5 Å². The molecule has 0 bridgehead atoms. The summed E-state index contributed by atoms with van der Waals surface area (Å²) in [5.41, 5.74) is 1.91. The van der Waals surface area contributed by atoms with E-state index in [0.717, 1.165) is 32.6 Å². The van der Waals surface area contributed by atoms with Gasteiger partial charge in [-0.3, -0.25) is 13.9 Å². The van der Waals surface area contributed by atoms with E-state index in [9.17, 15) is 18.0 Å². The van der Waals surface area contributed by atoms with Gasteiger partial charge >= 0.3 is 0 Å². The Labute approximate surface area is 245 Å². The maximum Gasteiger partial charge on any atom is 0.244 e. The second-order valence-electron chi connectivity index (χ2n) is 9.62. The first-order valence-electron chi connectivity index (χ1n) is 13.0. The Balaban J connectivity index is 2.08. The second kappa shape index (κ2) is 14.3. The van der Waals surface area contributed by atoms with E-state index in [4.69, 9.17) is 4.74 Å². The van der Waals surface area contributed by atoms with Crippen LogP contribution in [0.4, 0.5) is 5.69 Å². The third-order valence-electron chi connectivity index (χ3n) is 6.55. The Hall–Kier alpha value is -3.37. The highest BCUT2D eigenvalue weighted by Gasteiger charge is 2.34. The first-order chi connectivity index (χ1) is 19.0. The van der Waals surface area contributed by atoms with E-state index in [1.807, 2.05) is 68.4 Å². The molecule has 214 valence electrons. The molecule has 0 aliphatic rings. The lowest BCUT2D eigenvalue weighted by Crippen LogP contribution is -2.54. The molecule has 2 amide bonds. The Kier molecular flexibility index (Phi) is 11.2. The third-order valence-corrected chi connectivity index (χ3v) is 8.17. The average molecular weight is 631 g/mol. The van der Waals surface area contributed by atoms with Crippen molar-refractivity contribution in [3.8, 4) is 5.75 Å². The zero-order valence-corrected chi connectivity index (χ0v) is 25.6. The number of halogens is 1. The fourth-order valence-electron chi connectivity index (χ4n) is 4.26. The minimum Gasteiger partial charge on any atom is -0.495 e. The molecule has 8 nitrogen and oxygen atoms in total. The second-order valence-corrected chi connectivity index (χ2v) is 12.4. The molecular formula is C30H36BrN3O5S. The molecule has 0 fully saturated rings. The molecule has 0 unspecified atom stereocenters. The van der Waals surface area contributed by atoms with Gasteiger partial charge in [-0.2, -0.15) is 0 Å². The van der Waals surface area contributed by atoms with Crippen LogP contribution in [0.2, 0.25) is 0 Å². The van der Waals surface area contributed by atoms with Gasteiger partial charge in [0.2, 0.25) is 21.8 Å². The highest BCUT2D eigenvalue weighted by atomic mass is 79.9. The number of nitrogens with zero attached hydrogens (tertiary/aromatic N) is 2. The van der Waals surface area contributed by atoms with Gasteiger partial charge in [0.1, 0.15) is 18.3 Å². The van der Waals surface area contributed by atoms with E-state index in [-0.39, 0.29) is 30.6 Å². The predicted molar refractivity (Wildman–Crippen MR) is 162 cm³/mol. The summed E-state index contributed by atoms with van der Waals surface area (Å²) >= 11 is 3.48. The van der Waals surface area contributed by atoms with Gasteiger partial charge in [0.15, 0.2) is 0 Å². The summed E-state index contributed by atoms with van der Waals surface area (Å²) in [6, 6.07) is 22.6. The molecule has 0 saturated carbocycles. The van der Waals surface area contributed by atoms with Crippen LogP contribution in [0.15, 0.2) is 83.3 Å². The minimum absolute atomic E-state index is 0.102. The highest BCUT2D eigenvalue weighted by molar-refractivity contribution is 9.10. The molecule has 0 aromatic heterocycles. The maximum absolute atomic E-state index is 14.1. The van der Waals surface area contributed by atoms with Crippen LogP contribution < -0.4 is 14.4 Å².